The third kappa shape index (κ3) is 10.8. The maximum absolute atomic E-state index is 15.9. The highest BCUT2D eigenvalue weighted by Crippen LogP contribution is 2.47. The van der Waals surface area contributed by atoms with Crippen LogP contribution in [0.5, 0.6) is 0 Å². The molecule has 72 heavy (non-hydrogen) atoms. The van der Waals surface area contributed by atoms with E-state index in [1.165, 1.54) is 55.2 Å². The van der Waals surface area contributed by atoms with Gasteiger partial charge in [0.05, 0.1) is 36.3 Å². The molecule has 0 bridgehead atoms. The third-order valence-corrected chi connectivity index (χ3v) is 15.1. The molecule has 0 fully saturated rings. The van der Waals surface area contributed by atoms with Crippen molar-refractivity contribution in [3.63, 3.8) is 0 Å². The number of rotatable bonds is 8. The fraction of sp³-hybridized carbons (Fsp3) is 0.250. The zero-order valence-electron chi connectivity index (χ0n) is 39.1. The van der Waals surface area contributed by atoms with Crippen LogP contribution in [0.15, 0.2) is 59.1 Å². The molecule has 0 spiro atoms. The minimum atomic E-state index is -3.83. The van der Waals surface area contributed by atoms with Crippen molar-refractivity contribution in [2.24, 2.45) is 0 Å². The number of thiophene rings is 2. The normalized spacial score (nSPS) is 11.8. The number of anilines is 2. The first kappa shape index (κ1) is 53.4. The molecular weight excluding hydrogens is 1060 g/mol. The molecule has 0 aliphatic heterocycles. The van der Waals surface area contributed by atoms with Crippen LogP contribution in [0.4, 0.5) is 37.2 Å². The second-order valence-corrected chi connectivity index (χ2v) is 23.6. The lowest BCUT2D eigenvalue weighted by atomic mass is 9.97. The van der Waals surface area contributed by atoms with Crippen molar-refractivity contribution in [1.29, 1.82) is 10.5 Å². The Morgan fingerprint density at radius 3 is 1.56 bits per heavy atom. The molecule has 8 rings (SSSR count). The van der Waals surface area contributed by atoms with Gasteiger partial charge in [0.15, 0.2) is 16.8 Å². The van der Waals surface area contributed by atoms with Gasteiger partial charge in [-0.05, 0) is 82.7 Å². The lowest BCUT2D eigenvalue weighted by Gasteiger charge is -2.19. The van der Waals surface area contributed by atoms with Crippen molar-refractivity contribution in [3.8, 4) is 34.4 Å². The van der Waals surface area contributed by atoms with Crippen molar-refractivity contribution in [1.82, 2.24) is 19.9 Å². The summed E-state index contributed by atoms with van der Waals surface area (Å²) in [6.45, 7) is 13.4. The second-order valence-electron chi connectivity index (χ2n) is 17.3. The maximum atomic E-state index is 15.9. The van der Waals surface area contributed by atoms with E-state index in [0.717, 1.165) is 34.9 Å². The second kappa shape index (κ2) is 20.6. The third-order valence-electron chi connectivity index (χ3n) is 9.99. The van der Waals surface area contributed by atoms with Gasteiger partial charge in [0, 0.05) is 45.1 Å². The molecule has 4 heterocycles. The summed E-state index contributed by atoms with van der Waals surface area (Å²) in [5.74, 6) is -2.58. The van der Waals surface area contributed by atoms with Crippen molar-refractivity contribution < 1.29 is 45.0 Å². The van der Waals surface area contributed by atoms with E-state index in [1.54, 1.807) is 41.5 Å². The predicted molar refractivity (Wildman–Crippen MR) is 274 cm³/mol. The number of nitrogens with one attached hydrogen (secondary N) is 2. The Hall–Kier alpha value is -6.40. The number of amides is 2. The van der Waals surface area contributed by atoms with Gasteiger partial charge in [-0.25, -0.2) is 55.5 Å². The summed E-state index contributed by atoms with van der Waals surface area (Å²) in [6.07, 6.45) is 0.995. The van der Waals surface area contributed by atoms with Crippen molar-refractivity contribution in [2.45, 2.75) is 76.9 Å². The lowest BCUT2D eigenvalue weighted by Crippen LogP contribution is -2.27. The van der Waals surface area contributed by atoms with Gasteiger partial charge in [0.25, 0.3) is 0 Å². The van der Waals surface area contributed by atoms with E-state index < -0.39 is 61.7 Å². The number of aromatic nitrogens is 4. The Morgan fingerprint density at radius 1 is 0.722 bits per heavy atom. The van der Waals surface area contributed by atoms with Crippen LogP contribution in [0.25, 0.3) is 64.2 Å². The molecule has 14 nitrogen and oxygen atoms in total. The van der Waals surface area contributed by atoms with E-state index in [0.29, 0.717) is 16.3 Å². The number of fused-ring (bicyclic) bond motifs is 4. The van der Waals surface area contributed by atoms with Gasteiger partial charge >= 0.3 is 12.2 Å². The summed E-state index contributed by atoms with van der Waals surface area (Å²) in [5.41, 5.74) is -1.94. The smallest absolute Gasteiger partial charge is 0.412 e. The summed E-state index contributed by atoms with van der Waals surface area (Å²) in [4.78, 5) is 40.9. The molecule has 0 radical (unpaired) electrons. The largest absolute Gasteiger partial charge is 0.444 e. The van der Waals surface area contributed by atoms with Crippen LogP contribution in [0, 0.1) is 45.9 Å². The van der Waals surface area contributed by atoms with Gasteiger partial charge in [-0.3, -0.25) is 10.6 Å². The molecule has 0 atom stereocenters. The Labute approximate surface area is 431 Å². The Morgan fingerprint density at radius 2 is 1.15 bits per heavy atom. The van der Waals surface area contributed by atoms with Gasteiger partial charge in [-0.15, -0.1) is 22.7 Å². The molecule has 0 aliphatic rings. The van der Waals surface area contributed by atoms with Crippen LogP contribution < -0.4 is 10.6 Å². The summed E-state index contributed by atoms with van der Waals surface area (Å²) >= 11 is 15.9. The number of thioether (sulfide) groups is 1. The van der Waals surface area contributed by atoms with Gasteiger partial charge < -0.3 is 9.47 Å². The average Bonchev–Trinajstić information content (AvgIpc) is 3.85. The summed E-state index contributed by atoms with van der Waals surface area (Å²) in [7, 11) is -3.83. The number of carbonyl (C=O) groups is 2. The number of hydrogen-bond donors (Lipinski definition) is 2. The standard InChI is InChI=1S/C24H19ClF2N4O4S2.C24H19ClF2N4O2S2/c1-5-37(33,34)22-29-10-11-8-14(25)17(18(27)19(11)30-22)12-6-7-15(26)20-16(12)13(9-28)21(36-20)31-23(32)35-24(2,3)4;1-5-34-22-29-10-11-8-14(25)17(18(27)19(11)30-22)12-6-7-15(26)20-16(12)13(9-28)21(35-20)31-23(32)33-24(2,3)4/h6-8,10H,5H2,1-4H3,(H,31,32);6-8,10H,5H2,1-4H3,(H,31,32). The molecule has 0 saturated heterocycles. The Bertz CT molecular complexity index is 3750. The molecule has 4 aromatic carbocycles. The molecule has 0 saturated carbocycles. The average molecular weight is 1100 g/mol. The first-order chi connectivity index (χ1) is 33.8. The van der Waals surface area contributed by atoms with Gasteiger partial charge in [0.1, 0.15) is 56.0 Å². The highest BCUT2D eigenvalue weighted by Gasteiger charge is 2.29. The molecule has 0 aliphatic carbocycles. The van der Waals surface area contributed by atoms with Crippen molar-refractivity contribution in [3.05, 3.63) is 93.2 Å². The van der Waals surface area contributed by atoms with E-state index in [-0.39, 0.29) is 95.8 Å². The molecule has 2 N–H and O–H groups in total. The molecule has 8 aromatic rings. The molecule has 24 heteroatoms. The highest BCUT2D eigenvalue weighted by molar-refractivity contribution is 7.99. The number of benzene rings is 4. The Balaban J connectivity index is 0.000000212. The molecule has 0 unspecified atom stereocenters. The van der Waals surface area contributed by atoms with E-state index >= 15 is 8.78 Å². The summed E-state index contributed by atoms with van der Waals surface area (Å²) < 4.78 is 96.5. The molecule has 4 aromatic heterocycles. The van der Waals surface area contributed by atoms with Crippen LogP contribution in [-0.2, 0) is 19.3 Å². The fourth-order valence-corrected chi connectivity index (χ4v) is 11.1. The number of hydrogen-bond acceptors (Lipinski definition) is 15. The van der Waals surface area contributed by atoms with Crippen LogP contribution in [0.3, 0.4) is 0 Å². The number of ether oxygens (including phenoxy) is 2. The number of carbonyl (C=O) groups excluding carboxylic acids is 2. The SMILES string of the molecule is CCS(=O)(=O)c1ncc2cc(Cl)c(-c3ccc(F)c4sc(NC(=O)OC(C)(C)C)c(C#N)c34)c(F)c2n1.CCSc1ncc2cc(Cl)c(-c3ccc(F)c4sc(NC(=O)OC(C)(C)C)c(C#N)c34)c(F)c2n1. The van der Waals surface area contributed by atoms with Gasteiger partial charge in [0.2, 0.25) is 15.0 Å². The quantitative estimate of drug-likeness (QED) is 0.0825. The first-order valence-electron chi connectivity index (χ1n) is 21.3. The van der Waals surface area contributed by atoms with Gasteiger partial charge in [-0.2, -0.15) is 10.5 Å². The zero-order chi connectivity index (χ0) is 52.8. The number of sulfone groups is 1. The molecule has 2 amide bonds. The predicted octanol–water partition coefficient (Wildman–Crippen LogP) is 14.2. The van der Waals surface area contributed by atoms with E-state index in [9.17, 15) is 37.3 Å². The van der Waals surface area contributed by atoms with Gasteiger partial charge in [-0.1, -0.05) is 60.9 Å². The maximum Gasteiger partial charge on any atom is 0.412 e. The van der Waals surface area contributed by atoms with E-state index in [4.69, 9.17) is 32.7 Å². The fourth-order valence-electron chi connectivity index (χ4n) is 7.09. The van der Waals surface area contributed by atoms with Crippen molar-refractivity contribution in [2.75, 3.05) is 22.1 Å². The van der Waals surface area contributed by atoms with Crippen LogP contribution in [-0.4, -0.2) is 63.2 Å². The monoisotopic (exact) mass is 1100 g/mol. The van der Waals surface area contributed by atoms with Crippen LogP contribution >= 0.6 is 57.6 Å². The van der Waals surface area contributed by atoms with E-state index in [1.807, 2.05) is 19.1 Å². The lowest BCUT2D eigenvalue weighted by molar-refractivity contribution is 0.0625. The molecule has 372 valence electrons. The van der Waals surface area contributed by atoms with Crippen LogP contribution in [0.1, 0.15) is 66.5 Å². The topological polar surface area (TPSA) is 210 Å². The van der Waals surface area contributed by atoms with Crippen molar-refractivity contribution >= 4 is 132 Å². The minimum absolute atomic E-state index is 0.00840. The minimum Gasteiger partial charge on any atom is -0.444 e. The first-order valence-corrected chi connectivity index (χ1v) is 26.3. The van der Waals surface area contributed by atoms with E-state index in [2.05, 4.69) is 30.6 Å². The summed E-state index contributed by atoms with van der Waals surface area (Å²) in [5, 5.41) is 25.4. The zero-order valence-corrected chi connectivity index (χ0v) is 43.8. The number of nitriles is 2. The molecular formula is C48H38Cl2F4N8O6S4. The van der Waals surface area contributed by atoms with Crippen LogP contribution in [0.2, 0.25) is 10.0 Å². The number of nitrogens with zero attached hydrogens (tertiary/aromatic N) is 6. The highest BCUT2D eigenvalue weighted by atomic mass is 35.5. The summed E-state index contributed by atoms with van der Waals surface area (Å²) in [6, 6.07) is 11.7. The number of halogens is 6. The Kier molecular flexibility index (Phi) is 15.3.